The van der Waals surface area contributed by atoms with Gasteiger partial charge in [0.05, 0.1) is 27.3 Å². The van der Waals surface area contributed by atoms with Crippen LogP contribution in [-0.2, 0) is 0 Å². The van der Waals surface area contributed by atoms with Crippen LogP contribution in [0.5, 0.6) is 0 Å². The maximum atomic E-state index is 4.69. The van der Waals surface area contributed by atoms with Gasteiger partial charge in [-0.2, -0.15) is 0 Å². The van der Waals surface area contributed by atoms with Crippen molar-refractivity contribution in [2.75, 3.05) is 0 Å². The predicted molar refractivity (Wildman–Crippen MR) is 78.2 cm³/mol. The summed E-state index contributed by atoms with van der Waals surface area (Å²) in [7, 11) is 0. The molecule has 0 unspecified atom stereocenters. The lowest BCUT2D eigenvalue weighted by Gasteiger charge is -2.03. The number of nitrogens with zero attached hydrogens (tertiary/aromatic N) is 4. The summed E-state index contributed by atoms with van der Waals surface area (Å²) in [6, 6.07) is 11.9. The van der Waals surface area contributed by atoms with Crippen LogP contribution in [0.15, 0.2) is 48.1 Å². The molecule has 96 valence electrons. The molecule has 0 atom stereocenters. The van der Waals surface area contributed by atoms with E-state index in [1.807, 2.05) is 48.1 Å². The Morgan fingerprint density at radius 3 is 2.90 bits per heavy atom. The van der Waals surface area contributed by atoms with Gasteiger partial charge < -0.3 is 0 Å². The van der Waals surface area contributed by atoms with Crippen molar-refractivity contribution in [3.8, 4) is 21.8 Å². The number of benzene rings is 1. The Morgan fingerprint density at radius 1 is 1.05 bits per heavy atom. The van der Waals surface area contributed by atoms with E-state index >= 15 is 0 Å². The molecule has 0 aliphatic heterocycles. The van der Waals surface area contributed by atoms with Gasteiger partial charge in [0, 0.05) is 11.8 Å². The van der Waals surface area contributed by atoms with Crippen molar-refractivity contribution in [3.63, 3.8) is 0 Å². The van der Waals surface area contributed by atoms with Crippen molar-refractivity contribution in [1.29, 1.82) is 0 Å². The van der Waals surface area contributed by atoms with Gasteiger partial charge in [-0.05, 0) is 24.3 Å². The van der Waals surface area contributed by atoms with Gasteiger partial charge in [-0.1, -0.05) is 17.3 Å². The average Bonchev–Trinajstić information content (AvgIpc) is 3.18. The molecule has 0 amide bonds. The van der Waals surface area contributed by atoms with Crippen LogP contribution < -0.4 is 0 Å². The Kier molecular flexibility index (Phi) is 2.53. The Bertz CT molecular complexity index is 866. The Labute approximate surface area is 118 Å². The van der Waals surface area contributed by atoms with Crippen molar-refractivity contribution in [1.82, 2.24) is 25.4 Å². The first kappa shape index (κ1) is 11.2. The summed E-state index contributed by atoms with van der Waals surface area (Å²) < 4.78 is 0. The first-order chi connectivity index (χ1) is 9.90. The van der Waals surface area contributed by atoms with Gasteiger partial charge in [0.2, 0.25) is 0 Å². The minimum atomic E-state index is 0.854. The van der Waals surface area contributed by atoms with Crippen LogP contribution in [0, 0.1) is 0 Å². The molecule has 1 aromatic carbocycles. The van der Waals surface area contributed by atoms with Gasteiger partial charge in [0.15, 0.2) is 0 Å². The second-order valence-corrected chi connectivity index (χ2v) is 5.20. The van der Waals surface area contributed by atoms with Crippen molar-refractivity contribution < 1.29 is 0 Å². The first-order valence-electron chi connectivity index (χ1n) is 6.07. The van der Waals surface area contributed by atoms with Gasteiger partial charge in [0.25, 0.3) is 0 Å². The second kappa shape index (κ2) is 4.50. The van der Waals surface area contributed by atoms with E-state index in [1.54, 1.807) is 11.3 Å². The standard InChI is InChI=1S/C14H9N5S/c1-2-10(16-12(3-1)14-7-15-8-20-14)9-4-5-11-13(6-9)18-19-17-11/h1-8H,(H,17,18,19). The molecule has 4 rings (SSSR count). The Morgan fingerprint density at radius 2 is 2.00 bits per heavy atom. The summed E-state index contributed by atoms with van der Waals surface area (Å²) in [6.07, 6.45) is 1.83. The fourth-order valence-electron chi connectivity index (χ4n) is 2.08. The molecule has 3 heterocycles. The summed E-state index contributed by atoms with van der Waals surface area (Å²) >= 11 is 1.58. The third-order valence-corrected chi connectivity index (χ3v) is 3.85. The fourth-order valence-corrected chi connectivity index (χ4v) is 2.67. The minimum absolute atomic E-state index is 0.854. The highest BCUT2D eigenvalue weighted by atomic mass is 32.1. The molecule has 5 nitrogen and oxygen atoms in total. The maximum Gasteiger partial charge on any atom is 0.112 e. The molecular weight excluding hydrogens is 270 g/mol. The van der Waals surface area contributed by atoms with Crippen LogP contribution in [0.1, 0.15) is 0 Å². The molecule has 6 heteroatoms. The van der Waals surface area contributed by atoms with Crippen LogP contribution in [-0.4, -0.2) is 25.4 Å². The number of aromatic amines is 1. The molecule has 0 radical (unpaired) electrons. The quantitative estimate of drug-likeness (QED) is 0.612. The Hall–Kier alpha value is -2.60. The largest absolute Gasteiger partial charge is 0.258 e. The van der Waals surface area contributed by atoms with E-state index in [1.165, 1.54) is 0 Å². The normalized spacial score (nSPS) is 11.0. The number of H-pyrrole nitrogens is 1. The molecular formula is C14H9N5S. The van der Waals surface area contributed by atoms with E-state index in [9.17, 15) is 0 Å². The monoisotopic (exact) mass is 279 g/mol. The van der Waals surface area contributed by atoms with E-state index in [0.717, 1.165) is 32.9 Å². The van der Waals surface area contributed by atoms with Gasteiger partial charge in [0.1, 0.15) is 5.52 Å². The van der Waals surface area contributed by atoms with Crippen molar-refractivity contribution in [2.24, 2.45) is 0 Å². The maximum absolute atomic E-state index is 4.69. The van der Waals surface area contributed by atoms with E-state index in [2.05, 4.69) is 20.4 Å². The molecule has 0 aliphatic carbocycles. The molecule has 0 fully saturated rings. The third kappa shape index (κ3) is 1.86. The van der Waals surface area contributed by atoms with E-state index in [4.69, 9.17) is 4.98 Å². The minimum Gasteiger partial charge on any atom is -0.258 e. The smallest absolute Gasteiger partial charge is 0.112 e. The van der Waals surface area contributed by atoms with Crippen molar-refractivity contribution >= 4 is 22.4 Å². The highest BCUT2D eigenvalue weighted by molar-refractivity contribution is 7.13. The number of hydrogen-bond donors (Lipinski definition) is 1. The number of pyridine rings is 1. The number of fused-ring (bicyclic) bond motifs is 1. The van der Waals surface area contributed by atoms with Crippen LogP contribution in [0.3, 0.4) is 0 Å². The highest BCUT2D eigenvalue weighted by Gasteiger charge is 2.06. The number of aromatic nitrogens is 5. The molecule has 0 bridgehead atoms. The lowest BCUT2D eigenvalue weighted by atomic mass is 10.1. The van der Waals surface area contributed by atoms with E-state index in [0.29, 0.717) is 0 Å². The van der Waals surface area contributed by atoms with E-state index in [-0.39, 0.29) is 0 Å². The van der Waals surface area contributed by atoms with Crippen molar-refractivity contribution in [2.45, 2.75) is 0 Å². The molecule has 0 saturated heterocycles. The summed E-state index contributed by atoms with van der Waals surface area (Å²) in [6.45, 7) is 0. The van der Waals surface area contributed by atoms with Gasteiger partial charge in [-0.15, -0.1) is 16.4 Å². The van der Waals surface area contributed by atoms with Crippen molar-refractivity contribution in [3.05, 3.63) is 48.1 Å². The zero-order chi connectivity index (χ0) is 13.4. The SMILES string of the molecule is c1cc(-c2ccc3nn[nH]c3c2)nc(-c2cncs2)c1. The zero-order valence-corrected chi connectivity index (χ0v) is 11.1. The average molecular weight is 279 g/mol. The summed E-state index contributed by atoms with van der Waals surface area (Å²) in [5.74, 6) is 0. The first-order valence-corrected chi connectivity index (χ1v) is 6.95. The highest BCUT2D eigenvalue weighted by Crippen LogP contribution is 2.26. The second-order valence-electron chi connectivity index (χ2n) is 4.32. The topological polar surface area (TPSA) is 67.3 Å². The molecule has 3 aromatic heterocycles. The summed E-state index contributed by atoms with van der Waals surface area (Å²) in [5.41, 5.74) is 6.47. The van der Waals surface area contributed by atoms with E-state index < -0.39 is 0 Å². The third-order valence-electron chi connectivity index (χ3n) is 3.05. The number of thiazole rings is 1. The van der Waals surface area contributed by atoms with Crippen LogP contribution in [0.4, 0.5) is 0 Å². The van der Waals surface area contributed by atoms with Gasteiger partial charge in [-0.3, -0.25) is 10.1 Å². The number of hydrogen-bond acceptors (Lipinski definition) is 5. The molecule has 20 heavy (non-hydrogen) atoms. The lowest BCUT2D eigenvalue weighted by Crippen LogP contribution is -1.86. The predicted octanol–water partition coefficient (Wildman–Crippen LogP) is 3.14. The van der Waals surface area contributed by atoms with Crippen LogP contribution in [0.25, 0.3) is 32.9 Å². The summed E-state index contributed by atoms with van der Waals surface area (Å²) in [4.78, 5) is 9.85. The number of rotatable bonds is 2. The Balaban J connectivity index is 1.83. The van der Waals surface area contributed by atoms with Gasteiger partial charge >= 0.3 is 0 Å². The molecule has 0 aliphatic rings. The summed E-state index contributed by atoms with van der Waals surface area (Å²) in [5, 5.41) is 10.6. The fraction of sp³-hybridized carbons (Fsp3) is 0. The zero-order valence-electron chi connectivity index (χ0n) is 10.3. The molecule has 0 saturated carbocycles. The molecule has 0 spiro atoms. The lowest BCUT2D eigenvalue weighted by molar-refractivity contribution is 0.959. The van der Waals surface area contributed by atoms with Crippen LogP contribution in [0.2, 0.25) is 0 Å². The number of nitrogens with one attached hydrogen (secondary N) is 1. The molecule has 1 N–H and O–H groups in total. The van der Waals surface area contributed by atoms with Crippen LogP contribution >= 0.6 is 11.3 Å². The van der Waals surface area contributed by atoms with Gasteiger partial charge in [-0.25, -0.2) is 4.98 Å². The molecule has 4 aromatic rings.